The Bertz CT molecular complexity index is 289. The van der Waals surface area contributed by atoms with Gasteiger partial charge in [-0.15, -0.1) is 0 Å². The molecule has 0 bridgehead atoms. The smallest absolute Gasteiger partial charge is 0.0952 e. The van der Waals surface area contributed by atoms with E-state index in [-0.39, 0.29) is 6.61 Å². The predicted molar refractivity (Wildman–Crippen MR) is 50.4 cm³/mol. The van der Waals surface area contributed by atoms with Crippen LogP contribution < -0.4 is 0 Å². The van der Waals surface area contributed by atoms with Gasteiger partial charge in [-0.1, -0.05) is 6.42 Å². The summed E-state index contributed by atoms with van der Waals surface area (Å²) in [5, 5.41) is 9.23. The number of aliphatic hydroxyl groups is 1. The van der Waals surface area contributed by atoms with Crippen LogP contribution in [0.2, 0.25) is 0 Å². The Morgan fingerprint density at radius 3 is 2.85 bits per heavy atom. The van der Waals surface area contributed by atoms with Crippen LogP contribution in [0.1, 0.15) is 43.5 Å². The van der Waals surface area contributed by atoms with E-state index < -0.39 is 0 Å². The van der Waals surface area contributed by atoms with E-state index in [2.05, 4.69) is 11.9 Å². The first-order valence-electron chi connectivity index (χ1n) is 5.01. The van der Waals surface area contributed by atoms with Crippen molar-refractivity contribution in [1.29, 1.82) is 0 Å². The molecule has 0 spiro atoms. The van der Waals surface area contributed by atoms with Crippen LogP contribution in [0.3, 0.4) is 0 Å². The van der Waals surface area contributed by atoms with Crippen molar-refractivity contribution < 1.29 is 5.11 Å². The molecule has 0 amide bonds. The normalized spacial score (nSPS) is 17.4. The van der Waals surface area contributed by atoms with E-state index in [1.807, 2.05) is 10.9 Å². The molecule has 1 aromatic rings. The standard InChI is InChI=1S/C10H16N2O/c1-2-12-7-11-10(9(12)6-13)8-4-3-5-8/h7-8,13H,2-6H2,1H3. The fraction of sp³-hybridized carbons (Fsp3) is 0.700. The molecule has 1 N–H and O–H groups in total. The zero-order chi connectivity index (χ0) is 9.26. The Morgan fingerprint density at radius 1 is 1.62 bits per heavy atom. The number of rotatable bonds is 3. The Kier molecular flexibility index (Phi) is 2.36. The minimum Gasteiger partial charge on any atom is -0.390 e. The summed E-state index contributed by atoms with van der Waals surface area (Å²) in [6.07, 6.45) is 5.65. The van der Waals surface area contributed by atoms with E-state index in [9.17, 15) is 5.11 Å². The van der Waals surface area contributed by atoms with Crippen molar-refractivity contribution in [2.75, 3.05) is 0 Å². The summed E-state index contributed by atoms with van der Waals surface area (Å²) in [5.74, 6) is 0.620. The number of aromatic nitrogens is 2. The highest BCUT2D eigenvalue weighted by molar-refractivity contribution is 5.19. The van der Waals surface area contributed by atoms with Crippen LogP contribution in [0.15, 0.2) is 6.33 Å². The molecule has 0 aromatic carbocycles. The highest BCUT2D eigenvalue weighted by atomic mass is 16.3. The summed E-state index contributed by atoms with van der Waals surface area (Å²) >= 11 is 0. The fourth-order valence-electron chi connectivity index (χ4n) is 1.89. The van der Waals surface area contributed by atoms with Crippen molar-refractivity contribution in [1.82, 2.24) is 9.55 Å². The second kappa shape index (κ2) is 3.50. The molecular formula is C10H16N2O. The second-order valence-electron chi connectivity index (χ2n) is 3.65. The number of aryl methyl sites for hydroxylation is 1. The maximum atomic E-state index is 9.23. The Hall–Kier alpha value is -0.830. The van der Waals surface area contributed by atoms with Crippen molar-refractivity contribution >= 4 is 0 Å². The highest BCUT2D eigenvalue weighted by Crippen LogP contribution is 2.37. The second-order valence-corrected chi connectivity index (χ2v) is 3.65. The molecule has 1 aliphatic carbocycles. The van der Waals surface area contributed by atoms with Crippen LogP contribution in [0.5, 0.6) is 0 Å². The van der Waals surface area contributed by atoms with E-state index in [0.717, 1.165) is 17.9 Å². The van der Waals surface area contributed by atoms with Gasteiger partial charge in [-0.25, -0.2) is 4.98 Å². The van der Waals surface area contributed by atoms with Crippen LogP contribution >= 0.6 is 0 Å². The molecule has 0 saturated heterocycles. The zero-order valence-electron chi connectivity index (χ0n) is 8.03. The van der Waals surface area contributed by atoms with Crippen LogP contribution in [0, 0.1) is 0 Å². The van der Waals surface area contributed by atoms with Gasteiger partial charge in [0, 0.05) is 12.5 Å². The lowest BCUT2D eigenvalue weighted by Gasteiger charge is -2.24. The zero-order valence-corrected chi connectivity index (χ0v) is 8.03. The van der Waals surface area contributed by atoms with E-state index in [4.69, 9.17) is 0 Å². The van der Waals surface area contributed by atoms with Gasteiger partial charge in [-0.2, -0.15) is 0 Å². The first kappa shape index (κ1) is 8.75. The molecule has 72 valence electrons. The third-order valence-electron chi connectivity index (χ3n) is 2.96. The van der Waals surface area contributed by atoms with Crippen molar-refractivity contribution in [3.05, 3.63) is 17.7 Å². The van der Waals surface area contributed by atoms with Crippen LogP contribution in [-0.4, -0.2) is 14.7 Å². The minimum atomic E-state index is 0.125. The van der Waals surface area contributed by atoms with Gasteiger partial charge < -0.3 is 9.67 Å². The molecule has 0 aliphatic heterocycles. The van der Waals surface area contributed by atoms with Gasteiger partial charge in [0.2, 0.25) is 0 Å². The minimum absolute atomic E-state index is 0.125. The van der Waals surface area contributed by atoms with E-state index in [1.54, 1.807) is 0 Å². The molecule has 2 rings (SSSR count). The SMILES string of the molecule is CCn1cnc(C2CCC2)c1CO. The molecule has 0 radical (unpaired) electrons. The largest absolute Gasteiger partial charge is 0.390 e. The molecule has 1 aliphatic rings. The van der Waals surface area contributed by atoms with Crippen molar-refractivity contribution in [3.63, 3.8) is 0 Å². The summed E-state index contributed by atoms with van der Waals surface area (Å²) in [5.41, 5.74) is 2.16. The quantitative estimate of drug-likeness (QED) is 0.768. The third kappa shape index (κ3) is 1.37. The molecule has 1 saturated carbocycles. The van der Waals surface area contributed by atoms with Crippen molar-refractivity contribution in [2.24, 2.45) is 0 Å². The Balaban J connectivity index is 2.28. The van der Waals surface area contributed by atoms with Gasteiger partial charge in [0.05, 0.1) is 24.3 Å². The molecule has 0 atom stereocenters. The van der Waals surface area contributed by atoms with Crippen LogP contribution in [0.25, 0.3) is 0 Å². The summed E-state index contributed by atoms with van der Waals surface area (Å²) in [4.78, 5) is 4.38. The summed E-state index contributed by atoms with van der Waals surface area (Å²) in [6, 6.07) is 0. The molecule has 13 heavy (non-hydrogen) atoms. The lowest BCUT2D eigenvalue weighted by molar-refractivity contribution is 0.266. The summed E-state index contributed by atoms with van der Waals surface area (Å²) in [7, 11) is 0. The van der Waals surface area contributed by atoms with Crippen molar-refractivity contribution in [3.8, 4) is 0 Å². The van der Waals surface area contributed by atoms with Gasteiger partial charge in [-0.3, -0.25) is 0 Å². The van der Waals surface area contributed by atoms with E-state index >= 15 is 0 Å². The number of imidazole rings is 1. The monoisotopic (exact) mass is 180 g/mol. The molecule has 1 heterocycles. The fourth-order valence-corrected chi connectivity index (χ4v) is 1.89. The molecule has 3 heteroatoms. The first-order valence-corrected chi connectivity index (χ1v) is 5.01. The molecule has 0 unspecified atom stereocenters. The summed E-state index contributed by atoms with van der Waals surface area (Å²) < 4.78 is 2.04. The van der Waals surface area contributed by atoms with E-state index in [1.165, 1.54) is 19.3 Å². The highest BCUT2D eigenvalue weighted by Gasteiger charge is 2.25. The lowest BCUT2D eigenvalue weighted by atomic mass is 9.82. The molecule has 3 nitrogen and oxygen atoms in total. The van der Waals surface area contributed by atoms with Gasteiger partial charge in [0.15, 0.2) is 0 Å². The number of aliphatic hydroxyl groups excluding tert-OH is 1. The number of hydrogen-bond acceptors (Lipinski definition) is 2. The van der Waals surface area contributed by atoms with E-state index in [0.29, 0.717) is 5.92 Å². The number of hydrogen-bond donors (Lipinski definition) is 1. The van der Waals surface area contributed by atoms with Crippen molar-refractivity contribution in [2.45, 2.75) is 45.3 Å². The van der Waals surface area contributed by atoms with Crippen LogP contribution in [-0.2, 0) is 13.2 Å². The summed E-state index contributed by atoms with van der Waals surface area (Å²) in [6.45, 7) is 3.10. The van der Waals surface area contributed by atoms with Crippen LogP contribution in [0.4, 0.5) is 0 Å². The van der Waals surface area contributed by atoms with Gasteiger partial charge >= 0.3 is 0 Å². The Morgan fingerprint density at radius 2 is 2.38 bits per heavy atom. The maximum Gasteiger partial charge on any atom is 0.0952 e. The predicted octanol–water partition coefficient (Wildman–Crippen LogP) is 1.66. The third-order valence-corrected chi connectivity index (χ3v) is 2.96. The first-order chi connectivity index (χ1) is 6.36. The molecule has 1 aromatic heterocycles. The van der Waals surface area contributed by atoms with Gasteiger partial charge in [0.1, 0.15) is 0 Å². The van der Waals surface area contributed by atoms with Gasteiger partial charge in [-0.05, 0) is 19.8 Å². The Labute approximate surface area is 78.4 Å². The van der Waals surface area contributed by atoms with Gasteiger partial charge in [0.25, 0.3) is 0 Å². The average Bonchev–Trinajstić information content (AvgIpc) is 2.44. The topological polar surface area (TPSA) is 38.0 Å². The molecular weight excluding hydrogens is 164 g/mol. The maximum absolute atomic E-state index is 9.23. The number of nitrogens with zero attached hydrogens (tertiary/aromatic N) is 2. The average molecular weight is 180 g/mol. The molecule has 1 fully saturated rings. The lowest BCUT2D eigenvalue weighted by Crippen LogP contribution is -2.12.